The number of amides is 1. The number of nitrogens with zero attached hydrogens (tertiary/aromatic N) is 2. The maximum atomic E-state index is 12.0. The molecule has 5 heteroatoms. The summed E-state index contributed by atoms with van der Waals surface area (Å²) in [7, 11) is 0. The van der Waals surface area contributed by atoms with Crippen molar-refractivity contribution in [1.82, 2.24) is 15.1 Å². The van der Waals surface area contributed by atoms with Crippen LogP contribution in [0.1, 0.15) is 44.6 Å². The van der Waals surface area contributed by atoms with E-state index in [1.807, 2.05) is 10.9 Å². The number of carbonyl (C=O) groups is 1. The predicted molar refractivity (Wildman–Crippen MR) is 74.0 cm³/mol. The maximum absolute atomic E-state index is 12.0. The lowest BCUT2D eigenvalue weighted by atomic mass is 10.1. The number of hydrogen-bond donors (Lipinski definition) is 2. The van der Waals surface area contributed by atoms with Crippen molar-refractivity contribution >= 4 is 11.6 Å². The molecule has 2 fully saturated rings. The first kappa shape index (κ1) is 12.7. The lowest BCUT2D eigenvalue weighted by Gasteiger charge is -2.22. The third-order valence-corrected chi connectivity index (χ3v) is 4.28. The summed E-state index contributed by atoms with van der Waals surface area (Å²) in [5.41, 5.74) is 0.843. The Bertz CT molecular complexity index is 430. The Morgan fingerprint density at radius 3 is 2.74 bits per heavy atom. The van der Waals surface area contributed by atoms with Crippen molar-refractivity contribution in [3.8, 4) is 0 Å². The van der Waals surface area contributed by atoms with Gasteiger partial charge in [-0.3, -0.25) is 9.48 Å². The average molecular weight is 262 g/mol. The second-order valence-electron chi connectivity index (χ2n) is 5.66. The molecule has 2 N–H and O–H groups in total. The highest BCUT2D eigenvalue weighted by atomic mass is 16.1. The fraction of sp³-hybridized carbons (Fsp3) is 0.714. The number of piperidine rings is 1. The lowest BCUT2D eigenvalue weighted by molar-refractivity contribution is -0.119. The molecule has 104 valence electrons. The SMILES string of the molecule is O=C(Nc1cnn(C2CCNCC2)c1)C1CCCC1. The van der Waals surface area contributed by atoms with Gasteiger partial charge >= 0.3 is 0 Å². The van der Waals surface area contributed by atoms with Gasteiger partial charge in [0.15, 0.2) is 0 Å². The van der Waals surface area contributed by atoms with Crippen LogP contribution < -0.4 is 10.6 Å². The van der Waals surface area contributed by atoms with Gasteiger partial charge in [0.25, 0.3) is 0 Å². The van der Waals surface area contributed by atoms with Crippen LogP contribution in [0.3, 0.4) is 0 Å². The fourth-order valence-corrected chi connectivity index (χ4v) is 3.11. The van der Waals surface area contributed by atoms with Crippen molar-refractivity contribution in [1.29, 1.82) is 0 Å². The Morgan fingerprint density at radius 1 is 1.26 bits per heavy atom. The first-order valence-corrected chi connectivity index (χ1v) is 7.38. The Hall–Kier alpha value is -1.36. The van der Waals surface area contributed by atoms with Gasteiger partial charge < -0.3 is 10.6 Å². The molecule has 0 unspecified atom stereocenters. The quantitative estimate of drug-likeness (QED) is 0.875. The normalized spacial score (nSPS) is 21.7. The van der Waals surface area contributed by atoms with E-state index in [0.717, 1.165) is 44.5 Å². The summed E-state index contributed by atoms with van der Waals surface area (Å²) < 4.78 is 2.01. The molecule has 1 aliphatic carbocycles. The third-order valence-electron chi connectivity index (χ3n) is 4.28. The first-order valence-electron chi connectivity index (χ1n) is 7.38. The molecule has 0 radical (unpaired) electrons. The molecule has 2 aliphatic rings. The molecule has 2 heterocycles. The van der Waals surface area contributed by atoms with Gasteiger partial charge in [-0.25, -0.2) is 0 Å². The summed E-state index contributed by atoms with van der Waals surface area (Å²) in [6, 6.07) is 0.471. The molecule has 19 heavy (non-hydrogen) atoms. The van der Waals surface area contributed by atoms with Crippen molar-refractivity contribution in [3.05, 3.63) is 12.4 Å². The molecule has 1 saturated carbocycles. The zero-order valence-corrected chi connectivity index (χ0v) is 11.3. The van der Waals surface area contributed by atoms with E-state index in [4.69, 9.17) is 0 Å². The van der Waals surface area contributed by atoms with Gasteiger partial charge in [-0.2, -0.15) is 5.10 Å². The van der Waals surface area contributed by atoms with Crippen LogP contribution in [-0.4, -0.2) is 28.8 Å². The van der Waals surface area contributed by atoms with Crippen LogP contribution in [0.2, 0.25) is 0 Å². The maximum Gasteiger partial charge on any atom is 0.227 e. The summed E-state index contributed by atoms with van der Waals surface area (Å²) in [6.07, 6.45) is 10.4. The van der Waals surface area contributed by atoms with Crippen LogP contribution in [0.5, 0.6) is 0 Å². The zero-order valence-electron chi connectivity index (χ0n) is 11.3. The van der Waals surface area contributed by atoms with Gasteiger partial charge in [0.1, 0.15) is 0 Å². The molecular weight excluding hydrogens is 240 g/mol. The largest absolute Gasteiger partial charge is 0.323 e. The summed E-state index contributed by atoms with van der Waals surface area (Å²) in [4.78, 5) is 12.0. The van der Waals surface area contributed by atoms with E-state index in [-0.39, 0.29) is 11.8 Å². The molecule has 1 aromatic rings. The monoisotopic (exact) mass is 262 g/mol. The van der Waals surface area contributed by atoms with E-state index in [9.17, 15) is 4.79 Å². The van der Waals surface area contributed by atoms with Crippen molar-refractivity contribution < 1.29 is 4.79 Å². The van der Waals surface area contributed by atoms with Crippen molar-refractivity contribution in [2.75, 3.05) is 18.4 Å². The topological polar surface area (TPSA) is 59.0 Å². The average Bonchev–Trinajstić information content (AvgIpc) is 3.11. The summed E-state index contributed by atoms with van der Waals surface area (Å²) in [6.45, 7) is 2.10. The van der Waals surface area contributed by atoms with E-state index in [1.165, 1.54) is 12.8 Å². The van der Waals surface area contributed by atoms with Crippen molar-refractivity contribution in [2.24, 2.45) is 5.92 Å². The zero-order chi connectivity index (χ0) is 13.1. The molecule has 0 atom stereocenters. The Labute approximate surface area is 113 Å². The molecule has 5 nitrogen and oxygen atoms in total. The van der Waals surface area contributed by atoms with Crippen molar-refractivity contribution in [2.45, 2.75) is 44.6 Å². The minimum atomic E-state index is 0.169. The summed E-state index contributed by atoms with van der Waals surface area (Å²) in [5, 5.41) is 10.7. The van der Waals surface area contributed by atoms with Gasteiger partial charge in [0, 0.05) is 12.1 Å². The second kappa shape index (κ2) is 5.74. The Kier molecular flexibility index (Phi) is 3.82. The minimum Gasteiger partial charge on any atom is -0.323 e. The number of nitrogens with one attached hydrogen (secondary N) is 2. The minimum absolute atomic E-state index is 0.169. The van der Waals surface area contributed by atoms with Gasteiger partial charge in [0.2, 0.25) is 5.91 Å². The predicted octanol–water partition coefficient (Wildman–Crippen LogP) is 1.94. The van der Waals surface area contributed by atoms with E-state index < -0.39 is 0 Å². The molecule has 0 bridgehead atoms. The Morgan fingerprint density at radius 2 is 2.00 bits per heavy atom. The first-order chi connectivity index (χ1) is 9.33. The highest BCUT2D eigenvalue weighted by Gasteiger charge is 2.23. The van der Waals surface area contributed by atoms with Crippen LogP contribution >= 0.6 is 0 Å². The number of anilines is 1. The third kappa shape index (κ3) is 2.97. The molecule has 1 amide bonds. The van der Waals surface area contributed by atoms with Crippen LogP contribution in [0.15, 0.2) is 12.4 Å². The number of carbonyl (C=O) groups excluding carboxylic acids is 1. The molecule has 0 aromatic carbocycles. The molecule has 0 spiro atoms. The molecular formula is C14H22N4O. The van der Waals surface area contributed by atoms with E-state index in [1.54, 1.807) is 6.20 Å². The Balaban J connectivity index is 1.59. The highest BCUT2D eigenvalue weighted by Crippen LogP contribution is 2.26. The van der Waals surface area contributed by atoms with Gasteiger partial charge in [0.05, 0.1) is 17.9 Å². The van der Waals surface area contributed by atoms with Gasteiger partial charge in [-0.15, -0.1) is 0 Å². The number of aromatic nitrogens is 2. The van der Waals surface area contributed by atoms with Crippen LogP contribution in [0.25, 0.3) is 0 Å². The molecule has 3 rings (SSSR count). The van der Waals surface area contributed by atoms with E-state index >= 15 is 0 Å². The smallest absolute Gasteiger partial charge is 0.227 e. The highest BCUT2D eigenvalue weighted by molar-refractivity contribution is 5.92. The van der Waals surface area contributed by atoms with Crippen molar-refractivity contribution in [3.63, 3.8) is 0 Å². The van der Waals surface area contributed by atoms with E-state index in [2.05, 4.69) is 15.7 Å². The second-order valence-corrected chi connectivity index (χ2v) is 5.66. The molecule has 1 aromatic heterocycles. The summed E-state index contributed by atoms with van der Waals surface area (Å²) in [5.74, 6) is 0.379. The van der Waals surface area contributed by atoms with Crippen LogP contribution in [0, 0.1) is 5.92 Å². The standard InChI is InChI=1S/C14H22N4O/c19-14(11-3-1-2-4-11)17-12-9-16-18(10-12)13-5-7-15-8-6-13/h9-11,13,15H,1-8H2,(H,17,19). The van der Waals surface area contributed by atoms with Crippen LogP contribution in [-0.2, 0) is 4.79 Å². The molecule has 1 saturated heterocycles. The van der Waals surface area contributed by atoms with E-state index in [0.29, 0.717) is 6.04 Å². The number of hydrogen-bond acceptors (Lipinski definition) is 3. The lowest BCUT2D eigenvalue weighted by Crippen LogP contribution is -2.29. The molecule has 1 aliphatic heterocycles. The van der Waals surface area contributed by atoms with Gasteiger partial charge in [-0.1, -0.05) is 12.8 Å². The van der Waals surface area contributed by atoms with Crippen LogP contribution in [0.4, 0.5) is 5.69 Å². The number of rotatable bonds is 3. The van der Waals surface area contributed by atoms with Gasteiger partial charge in [-0.05, 0) is 38.8 Å². The fourth-order valence-electron chi connectivity index (χ4n) is 3.11. The summed E-state index contributed by atoms with van der Waals surface area (Å²) >= 11 is 0.